The molecule has 0 amide bonds. The van der Waals surface area contributed by atoms with E-state index in [1.807, 2.05) is 0 Å². The molecule has 0 bridgehead atoms. The second-order valence-corrected chi connectivity index (χ2v) is 7.60. The predicted octanol–water partition coefficient (Wildman–Crippen LogP) is 3.91. The maximum Gasteiger partial charge on any atom is 0.400 e. The Morgan fingerprint density at radius 2 is 1.76 bits per heavy atom. The van der Waals surface area contributed by atoms with Crippen molar-refractivity contribution < 1.29 is 28.3 Å². The largest absolute Gasteiger partial charge is 0.628 e. The van der Waals surface area contributed by atoms with Gasteiger partial charge in [0, 0.05) is 34.9 Å². The molecule has 1 aliphatic rings. The molecule has 0 saturated carbocycles. The molecule has 3 rings (SSSR count). The van der Waals surface area contributed by atoms with E-state index in [0.29, 0.717) is 0 Å². The molecule has 1 aliphatic heterocycles. The SMILES string of the molecule is O=C(O)c1ccc(N2CCC(c3cc(Cl)cc(Cl)c3)(C(F)(F)F)C2)cc1[NH+]([O-])[O-]. The summed E-state index contributed by atoms with van der Waals surface area (Å²) in [5, 5.41) is 30.0. The average Bonchev–Trinajstić information content (AvgIpc) is 3.07. The number of hydrogen-bond acceptors (Lipinski definition) is 4. The molecule has 1 saturated heterocycles. The highest BCUT2D eigenvalue weighted by Crippen LogP contribution is 2.49. The van der Waals surface area contributed by atoms with Crippen LogP contribution in [0, 0.1) is 10.4 Å². The van der Waals surface area contributed by atoms with Gasteiger partial charge in [-0.05, 0) is 42.3 Å². The third-order valence-electron chi connectivity index (χ3n) is 5.05. The van der Waals surface area contributed by atoms with Crippen LogP contribution in [0.2, 0.25) is 10.0 Å². The third kappa shape index (κ3) is 4.01. The fraction of sp³-hybridized carbons (Fsp3) is 0.278. The summed E-state index contributed by atoms with van der Waals surface area (Å²) in [6.45, 7) is -0.547. The van der Waals surface area contributed by atoms with Gasteiger partial charge in [-0.3, -0.25) is 0 Å². The predicted molar refractivity (Wildman–Crippen MR) is 102 cm³/mol. The van der Waals surface area contributed by atoms with E-state index < -0.39 is 40.6 Å². The molecule has 0 aliphatic carbocycles. The number of anilines is 1. The van der Waals surface area contributed by atoms with E-state index in [9.17, 15) is 28.4 Å². The highest BCUT2D eigenvalue weighted by atomic mass is 35.5. The molecule has 1 heterocycles. The zero-order valence-electron chi connectivity index (χ0n) is 14.6. The summed E-state index contributed by atoms with van der Waals surface area (Å²) >= 11 is 11.8. The van der Waals surface area contributed by atoms with Crippen LogP contribution in [0.3, 0.4) is 0 Å². The van der Waals surface area contributed by atoms with Gasteiger partial charge in [0.15, 0.2) is 0 Å². The molecule has 6 nitrogen and oxygen atoms in total. The number of benzene rings is 2. The van der Waals surface area contributed by atoms with Crippen molar-refractivity contribution in [1.29, 1.82) is 0 Å². The summed E-state index contributed by atoms with van der Waals surface area (Å²) in [5.74, 6) is -1.48. The van der Waals surface area contributed by atoms with Crippen molar-refractivity contribution in [3.8, 4) is 0 Å². The van der Waals surface area contributed by atoms with Gasteiger partial charge in [0.05, 0.1) is 0 Å². The standard InChI is InChI=1S/C18H14Cl2F3N2O4/c19-11-5-10(6-12(20)7-11)17(18(21,22)23)3-4-24(9-17)13-1-2-14(16(26)27)15(8-13)25(28)29/h1-2,5-8,25H,3-4,9H2,(H,26,27)/q-1. The Hall–Kier alpha value is -2.04. The lowest BCUT2D eigenvalue weighted by Gasteiger charge is -2.33. The van der Waals surface area contributed by atoms with Crippen LogP contribution in [0.1, 0.15) is 22.3 Å². The van der Waals surface area contributed by atoms with Gasteiger partial charge in [0.1, 0.15) is 16.7 Å². The van der Waals surface area contributed by atoms with Crippen LogP contribution < -0.4 is 10.1 Å². The quantitative estimate of drug-likeness (QED) is 0.690. The first-order valence-corrected chi connectivity index (χ1v) is 9.07. The Labute approximate surface area is 173 Å². The number of aromatic carboxylic acids is 1. The lowest BCUT2D eigenvalue weighted by molar-refractivity contribution is -0.715. The van der Waals surface area contributed by atoms with E-state index in [0.717, 1.165) is 12.1 Å². The van der Waals surface area contributed by atoms with Gasteiger partial charge in [-0.1, -0.05) is 23.2 Å². The summed E-state index contributed by atoms with van der Waals surface area (Å²) in [6.07, 6.45) is -4.94. The lowest BCUT2D eigenvalue weighted by atomic mass is 9.79. The molecule has 0 aromatic heterocycles. The fourth-order valence-corrected chi connectivity index (χ4v) is 4.10. The minimum Gasteiger partial charge on any atom is -0.628 e. The van der Waals surface area contributed by atoms with Crippen molar-refractivity contribution in [2.75, 3.05) is 18.0 Å². The zero-order chi connectivity index (χ0) is 21.6. The van der Waals surface area contributed by atoms with Crippen LogP contribution in [0.15, 0.2) is 36.4 Å². The minimum absolute atomic E-state index is 0.0391. The normalized spacial score (nSPS) is 19.8. The van der Waals surface area contributed by atoms with E-state index in [1.165, 1.54) is 29.2 Å². The van der Waals surface area contributed by atoms with Crippen LogP contribution in [0.5, 0.6) is 0 Å². The number of carbonyl (C=O) groups is 1. The second-order valence-electron chi connectivity index (χ2n) is 6.73. The van der Waals surface area contributed by atoms with Crippen molar-refractivity contribution in [1.82, 2.24) is 0 Å². The van der Waals surface area contributed by atoms with Crippen LogP contribution in [0.4, 0.5) is 24.5 Å². The summed E-state index contributed by atoms with van der Waals surface area (Å²) in [5.41, 5.74) is -3.32. The van der Waals surface area contributed by atoms with Gasteiger partial charge in [-0.25, -0.2) is 4.79 Å². The smallest absolute Gasteiger partial charge is 0.400 e. The maximum absolute atomic E-state index is 14.1. The molecular formula is C18H14Cl2F3N2O4-. The lowest BCUT2D eigenvalue weighted by Crippen LogP contribution is -2.96. The molecule has 1 atom stereocenters. The Bertz CT molecular complexity index is 935. The number of carboxylic acid groups (broad SMARTS) is 1. The van der Waals surface area contributed by atoms with Crippen LogP contribution in [-0.2, 0) is 5.41 Å². The highest BCUT2D eigenvalue weighted by molar-refractivity contribution is 6.34. The number of nitrogens with one attached hydrogen (secondary N) is 1. The minimum atomic E-state index is -4.63. The fourth-order valence-electron chi connectivity index (χ4n) is 3.58. The molecule has 0 spiro atoms. The van der Waals surface area contributed by atoms with Gasteiger partial charge in [-0.2, -0.15) is 13.2 Å². The molecule has 2 aromatic rings. The van der Waals surface area contributed by atoms with Gasteiger partial charge in [-0.15, -0.1) is 0 Å². The van der Waals surface area contributed by atoms with E-state index >= 15 is 0 Å². The topological polar surface area (TPSA) is 91.1 Å². The van der Waals surface area contributed by atoms with Gasteiger partial charge < -0.3 is 25.6 Å². The van der Waals surface area contributed by atoms with Gasteiger partial charge in [0.25, 0.3) is 0 Å². The Kier molecular flexibility index (Phi) is 5.72. The molecule has 0 radical (unpaired) electrons. The molecule has 11 heteroatoms. The molecule has 1 unspecified atom stereocenters. The zero-order valence-corrected chi connectivity index (χ0v) is 16.1. The molecular weight excluding hydrogens is 436 g/mol. The van der Waals surface area contributed by atoms with Crippen molar-refractivity contribution >= 4 is 40.5 Å². The number of quaternary nitrogens is 1. The van der Waals surface area contributed by atoms with Crippen LogP contribution >= 0.6 is 23.2 Å². The maximum atomic E-state index is 14.1. The number of halogens is 5. The van der Waals surface area contributed by atoms with Gasteiger partial charge >= 0.3 is 12.1 Å². The van der Waals surface area contributed by atoms with Crippen molar-refractivity contribution in [3.63, 3.8) is 0 Å². The number of carboxylic acids is 1. The first kappa shape index (κ1) is 21.7. The summed E-state index contributed by atoms with van der Waals surface area (Å²) < 4.78 is 42.4. The van der Waals surface area contributed by atoms with Gasteiger partial charge in [0.2, 0.25) is 0 Å². The molecule has 156 valence electrons. The summed E-state index contributed by atoms with van der Waals surface area (Å²) in [4.78, 5) is 12.5. The molecule has 2 N–H and O–H groups in total. The first-order valence-electron chi connectivity index (χ1n) is 8.31. The number of hydrogen-bond donors (Lipinski definition) is 2. The monoisotopic (exact) mass is 449 g/mol. The Morgan fingerprint density at radius 1 is 1.14 bits per heavy atom. The Morgan fingerprint density at radius 3 is 2.28 bits per heavy atom. The summed E-state index contributed by atoms with van der Waals surface area (Å²) in [7, 11) is 0. The highest BCUT2D eigenvalue weighted by Gasteiger charge is 2.59. The van der Waals surface area contributed by atoms with Crippen LogP contribution in [-0.4, -0.2) is 30.3 Å². The number of nitrogens with zero attached hydrogens (tertiary/aromatic N) is 1. The third-order valence-corrected chi connectivity index (χ3v) is 5.48. The van der Waals surface area contributed by atoms with E-state index in [2.05, 4.69) is 0 Å². The average molecular weight is 450 g/mol. The van der Waals surface area contributed by atoms with Crippen molar-refractivity contribution in [2.45, 2.75) is 18.0 Å². The first-order chi connectivity index (χ1) is 13.4. The van der Waals surface area contributed by atoms with Crippen molar-refractivity contribution in [2.24, 2.45) is 0 Å². The second kappa shape index (κ2) is 7.66. The van der Waals surface area contributed by atoms with Crippen LogP contribution in [0.25, 0.3) is 0 Å². The Balaban J connectivity index is 2.03. The van der Waals surface area contributed by atoms with E-state index in [1.54, 1.807) is 0 Å². The van der Waals surface area contributed by atoms with Crippen molar-refractivity contribution in [3.05, 3.63) is 68.0 Å². The molecule has 29 heavy (non-hydrogen) atoms. The number of alkyl halides is 3. The molecule has 1 fully saturated rings. The molecule has 2 aromatic carbocycles. The number of rotatable bonds is 4. The van der Waals surface area contributed by atoms with E-state index in [-0.39, 0.29) is 34.3 Å². The van der Waals surface area contributed by atoms with E-state index in [4.69, 9.17) is 28.3 Å². The summed E-state index contributed by atoms with van der Waals surface area (Å²) in [6, 6.07) is 7.07.